The van der Waals surface area contributed by atoms with Crippen LogP contribution in [0.15, 0.2) is 18.2 Å². The average Bonchev–Trinajstić information content (AvgIpc) is 2.56. The van der Waals surface area contributed by atoms with Gasteiger partial charge >= 0.3 is 0 Å². The molecule has 1 rings (SSSR count). The summed E-state index contributed by atoms with van der Waals surface area (Å²) in [5, 5.41) is 3.41. The Balaban J connectivity index is 2.80. The summed E-state index contributed by atoms with van der Waals surface area (Å²) >= 11 is 6.18. The summed E-state index contributed by atoms with van der Waals surface area (Å²) in [6.45, 7) is 9.07. The fraction of sp³-hybridized carbons (Fsp3) is 0.632. The quantitative estimate of drug-likeness (QED) is 0.537. The molecule has 0 aliphatic heterocycles. The zero-order chi connectivity index (χ0) is 18.0. The number of halogens is 1. The largest absolute Gasteiger partial charge is 0.492 e. The van der Waals surface area contributed by atoms with Crippen molar-refractivity contribution < 1.29 is 14.3 Å². The van der Waals surface area contributed by atoms with Crippen molar-refractivity contribution in [3.05, 3.63) is 23.2 Å². The van der Waals surface area contributed by atoms with Crippen LogP contribution in [0, 0.1) is 0 Å². The van der Waals surface area contributed by atoms with Gasteiger partial charge in [-0.1, -0.05) is 44.7 Å². The highest BCUT2D eigenvalue weighted by molar-refractivity contribution is 6.32. The molecule has 4 nitrogen and oxygen atoms in total. The third kappa shape index (κ3) is 6.33. The van der Waals surface area contributed by atoms with E-state index in [1.165, 1.54) is 0 Å². The Labute approximate surface area is 150 Å². The van der Waals surface area contributed by atoms with Crippen LogP contribution < -0.4 is 10.1 Å². The number of ether oxygens (including phenoxy) is 2. The monoisotopic (exact) mass is 355 g/mol. The van der Waals surface area contributed by atoms with Gasteiger partial charge < -0.3 is 14.8 Å². The minimum absolute atomic E-state index is 0.132. The fourth-order valence-corrected chi connectivity index (χ4v) is 2.64. The lowest BCUT2D eigenvalue weighted by atomic mass is 9.96. The van der Waals surface area contributed by atoms with Crippen LogP contribution >= 0.6 is 11.6 Å². The molecule has 0 bridgehead atoms. The molecule has 1 aromatic rings. The van der Waals surface area contributed by atoms with Gasteiger partial charge in [0.05, 0.1) is 11.6 Å². The van der Waals surface area contributed by atoms with E-state index in [1.807, 2.05) is 20.8 Å². The maximum atomic E-state index is 12.7. The molecule has 0 aromatic heterocycles. The summed E-state index contributed by atoms with van der Waals surface area (Å²) in [6, 6.07) is 5.26. The van der Waals surface area contributed by atoms with Gasteiger partial charge in [-0.05, 0) is 44.9 Å². The van der Waals surface area contributed by atoms with Gasteiger partial charge in [0.25, 0.3) is 5.91 Å². The Morgan fingerprint density at radius 3 is 2.54 bits per heavy atom. The summed E-state index contributed by atoms with van der Waals surface area (Å²) in [4.78, 5) is 12.7. The third-order valence-electron chi connectivity index (χ3n) is 3.85. The number of anilines is 1. The molecule has 1 atom stereocenters. The van der Waals surface area contributed by atoms with Gasteiger partial charge in [-0.3, -0.25) is 4.79 Å². The molecule has 0 radical (unpaired) electrons. The molecule has 5 heteroatoms. The van der Waals surface area contributed by atoms with Crippen molar-refractivity contribution >= 4 is 23.2 Å². The highest BCUT2D eigenvalue weighted by Crippen LogP contribution is 2.29. The molecule has 1 unspecified atom stereocenters. The molecule has 0 heterocycles. The molecular formula is C19H30ClNO3. The standard InChI is InChI=1S/C19H30ClNO3/c1-5-8-9-12-19(4,24-13-6-2)18(22)21-15-10-11-17(23-7-3)16(20)14-15/h10-11,14H,5-9,12-13H2,1-4H3,(H,21,22). The van der Waals surface area contributed by atoms with Crippen LogP contribution in [0.2, 0.25) is 5.02 Å². The van der Waals surface area contributed by atoms with Crippen LogP contribution in [-0.2, 0) is 9.53 Å². The summed E-state index contributed by atoms with van der Waals surface area (Å²) in [5.41, 5.74) is -0.175. The van der Waals surface area contributed by atoms with E-state index in [2.05, 4.69) is 12.2 Å². The highest BCUT2D eigenvalue weighted by atomic mass is 35.5. The first-order valence-electron chi connectivity index (χ1n) is 8.84. The number of amides is 1. The van der Waals surface area contributed by atoms with Crippen LogP contribution in [0.25, 0.3) is 0 Å². The molecule has 1 aromatic carbocycles. The van der Waals surface area contributed by atoms with Crippen molar-refractivity contribution in [2.75, 3.05) is 18.5 Å². The number of carbonyl (C=O) groups excluding carboxylic acids is 1. The van der Waals surface area contributed by atoms with Gasteiger partial charge in [0.15, 0.2) is 0 Å². The molecule has 1 amide bonds. The maximum Gasteiger partial charge on any atom is 0.256 e. The summed E-state index contributed by atoms with van der Waals surface area (Å²) in [7, 11) is 0. The summed E-state index contributed by atoms with van der Waals surface area (Å²) in [5.74, 6) is 0.484. The van der Waals surface area contributed by atoms with Crippen LogP contribution in [0.4, 0.5) is 5.69 Å². The lowest BCUT2D eigenvalue weighted by molar-refractivity contribution is -0.140. The van der Waals surface area contributed by atoms with Crippen molar-refractivity contribution in [1.82, 2.24) is 0 Å². The van der Waals surface area contributed by atoms with Crippen molar-refractivity contribution in [2.45, 2.75) is 65.4 Å². The predicted octanol–water partition coefficient (Wildman–Crippen LogP) is 5.44. The van der Waals surface area contributed by atoms with E-state index in [9.17, 15) is 4.79 Å². The number of hydrogen-bond donors (Lipinski definition) is 1. The minimum atomic E-state index is -0.823. The molecule has 0 spiro atoms. The molecule has 0 aliphatic carbocycles. The van der Waals surface area contributed by atoms with Crippen molar-refractivity contribution in [2.24, 2.45) is 0 Å². The molecular weight excluding hydrogens is 326 g/mol. The normalized spacial score (nSPS) is 13.4. The third-order valence-corrected chi connectivity index (χ3v) is 4.15. The maximum absolute atomic E-state index is 12.7. The van der Waals surface area contributed by atoms with Crippen LogP contribution in [0.1, 0.15) is 59.8 Å². The molecule has 0 aliphatic rings. The second-order valence-corrected chi connectivity index (χ2v) is 6.48. The zero-order valence-electron chi connectivity index (χ0n) is 15.3. The van der Waals surface area contributed by atoms with Gasteiger partial charge in [-0.2, -0.15) is 0 Å². The van der Waals surface area contributed by atoms with Crippen molar-refractivity contribution in [3.8, 4) is 5.75 Å². The Morgan fingerprint density at radius 2 is 1.96 bits per heavy atom. The van der Waals surface area contributed by atoms with Crippen molar-refractivity contribution in [3.63, 3.8) is 0 Å². The second-order valence-electron chi connectivity index (χ2n) is 6.07. The average molecular weight is 356 g/mol. The Hall–Kier alpha value is -1.26. The Morgan fingerprint density at radius 1 is 1.21 bits per heavy atom. The topological polar surface area (TPSA) is 47.6 Å². The molecule has 136 valence electrons. The summed E-state index contributed by atoms with van der Waals surface area (Å²) in [6.07, 6.45) is 4.75. The number of hydrogen-bond acceptors (Lipinski definition) is 3. The molecule has 0 fully saturated rings. The number of unbranched alkanes of at least 4 members (excludes halogenated alkanes) is 2. The Bertz CT molecular complexity index is 521. The number of carbonyl (C=O) groups is 1. The number of rotatable bonds is 11. The summed E-state index contributed by atoms with van der Waals surface area (Å²) < 4.78 is 11.3. The lowest BCUT2D eigenvalue weighted by Gasteiger charge is -2.29. The van der Waals surface area contributed by atoms with Crippen molar-refractivity contribution in [1.29, 1.82) is 0 Å². The predicted molar refractivity (Wildman–Crippen MR) is 100 cm³/mol. The molecule has 0 saturated carbocycles. The van der Waals surface area contributed by atoms with Crippen LogP contribution in [0.5, 0.6) is 5.75 Å². The van der Waals surface area contributed by atoms with E-state index in [0.717, 1.165) is 25.7 Å². The SMILES string of the molecule is CCCCCC(C)(OCCC)C(=O)Nc1ccc(OCC)c(Cl)c1. The van der Waals surface area contributed by atoms with Gasteiger partial charge in [-0.25, -0.2) is 0 Å². The fourth-order valence-electron chi connectivity index (χ4n) is 2.41. The van der Waals surface area contributed by atoms with E-state index in [-0.39, 0.29) is 5.91 Å². The van der Waals surface area contributed by atoms with E-state index >= 15 is 0 Å². The Kier molecular flexibility index (Phi) is 9.16. The first kappa shape index (κ1) is 20.8. The number of benzene rings is 1. The van der Waals surface area contributed by atoms with Crippen LogP contribution in [-0.4, -0.2) is 24.7 Å². The zero-order valence-corrected chi connectivity index (χ0v) is 16.0. The van der Waals surface area contributed by atoms with E-state index < -0.39 is 5.60 Å². The minimum Gasteiger partial charge on any atom is -0.492 e. The van der Waals surface area contributed by atoms with Gasteiger partial charge in [0.1, 0.15) is 11.4 Å². The first-order valence-corrected chi connectivity index (χ1v) is 9.22. The lowest BCUT2D eigenvalue weighted by Crippen LogP contribution is -2.43. The van der Waals surface area contributed by atoms with Gasteiger partial charge in [0, 0.05) is 12.3 Å². The molecule has 1 N–H and O–H groups in total. The van der Waals surface area contributed by atoms with Crippen LogP contribution in [0.3, 0.4) is 0 Å². The highest BCUT2D eigenvalue weighted by Gasteiger charge is 2.33. The smallest absolute Gasteiger partial charge is 0.256 e. The van der Waals surface area contributed by atoms with E-state index in [0.29, 0.717) is 36.1 Å². The number of nitrogens with one attached hydrogen (secondary N) is 1. The van der Waals surface area contributed by atoms with E-state index in [4.69, 9.17) is 21.1 Å². The van der Waals surface area contributed by atoms with E-state index in [1.54, 1.807) is 18.2 Å². The molecule has 24 heavy (non-hydrogen) atoms. The van der Waals surface area contributed by atoms with Gasteiger partial charge in [-0.15, -0.1) is 0 Å². The van der Waals surface area contributed by atoms with Gasteiger partial charge in [0.2, 0.25) is 0 Å². The first-order chi connectivity index (χ1) is 11.5. The second kappa shape index (κ2) is 10.6. The molecule has 0 saturated heterocycles.